The van der Waals surface area contributed by atoms with E-state index in [1.165, 1.54) is 6.92 Å². The first-order valence-electron chi connectivity index (χ1n) is 1.89. The van der Waals surface area contributed by atoms with Gasteiger partial charge in [0.05, 0.1) is 12.7 Å². The lowest BCUT2D eigenvalue weighted by molar-refractivity contribution is 0.110. The lowest BCUT2D eigenvalue weighted by Crippen LogP contribution is -2.03. The van der Waals surface area contributed by atoms with Gasteiger partial charge in [-0.2, -0.15) is 0 Å². The molecule has 1 atom stereocenters. The van der Waals surface area contributed by atoms with E-state index in [1.54, 1.807) is 0 Å². The van der Waals surface area contributed by atoms with Gasteiger partial charge in [0.15, 0.2) is 0 Å². The SMILES string of the molecule is CC(O)CO.NN. The van der Waals surface area contributed by atoms with Crippen LogP contribution in [0.5, 0.6) is 0 Å². The highest BCUT2D eigenvalue weighted by Crippen LogP contribution is 1.68. The van der Waals surface area contributed by atoms with Gasteiger partial charge in [-0.3, -0.25) is 11.7 Å². The van der Waals surface area contributed by atoms with Crippen LogP contribution in [0, 0.1) is 0 Å². The molecule has 0 aromatic rings. The molecule has 0 aliphatic carbocycles. The van der Waals surface area contributed by atoms with Crippen molar-refractivity contribution in [3.05, 3.63) is 0 Å². The lowest BCUT2D eigenvalue weighted by Gasteiger charge is -1.90. The van der Waals surface area contributed by atoms with Crippen LogP contribution in [-0.2, 0) is 0 Å². The molecule has 0 aromatic carbocycles. The first kappa shape index (κ1) is 9.96. The quantitative estimate of drug-likeness (QED) is 0.235. The number of rotatable bonds is 1. The van der Waals surface area contributed by atoms with Gasteiger partial charge in [-0.15, -0.1) is 0 Å². The third-order valence-electron chi connectivity index (χ3n) is 0.264. The van der Waals surface area contributed by atoms with Crippen molar-refractivity contribution in [3.63, 3.8) is 0 Å². The molecule has 0 aromatic heterocycles. The van der Waals surface area contributed by atoms with Crippen molar-refractivity contribution >= 4 is 0 Å². The molecule has 0 heterocycles. The van der Waals surface area contributed by atoms with Gasteiger partial charge in [0.2, 0.25) is 0 Å². The van der Waals surface area contributed by atoms with Crippen LogP contribution < -0.4 is 11.7 Å². The minimum absolute atomic E-state index is 0.139. The average Bonchev–Trinajstić information content (AvgIpc) is 1.73. The molecular formula is C3H12N2O2. The summed E-state index contributed by atoms with van der Waals surface area (Å²) in [6, 6.07) is 0. The van der Waals surface area contributed by atoms with Crippen molar-refractivity contribution in [2.45, 2.75) is 13.0 Å². The summed E-state index contributed by atoms with van der Waals surface area (Å²) in [6.07, 6.45) is -0.560. The Kier molecular flexibility index (Phi) is 13.2. The fourth-order valence-electron chi connectivity index (χ4n) is 0. The van der Waals surface area contributed by atoms with Crippen molar-refractivity contribution in [2.24, 2.45) is 11.7 Å². The molecule has 4 heteroatoms. The normalized spacial score (nSPS) is 11.6. The zero-order chi connectivity index (χ0) is 6.28. The predicted octanol–water partition coefficient (Wildman–Crippen LogP) is -1.82. The van der Waals surface area contributed by atoms with Crippen molar-refractivity contribution in [1.29, 1.82) is 0 Å². The van der Waals surface area contributed by atoms with E-state index in [0.29, 0.717) is 0 Å². The average molecular weight is 108 g/mol. The number of hydrazine groups is 1. The Bertz CT molecular complexity index is 24.9. The Morgan fingerprint density at radius 2 is 1.71 bits per heavy atom. The van der Waals surface area contributed by atoms with Crippen molar-refractivity contribution in [1.82, 2.24) is 0 Å². The summed E-state index contributed by atoms with van der Waals surface area (Å²) >= 11 is 0. The van der Waals surface area contributed by atoms with Crippen LogP contribution in [0.2, 0.25) is 0 Å². The molecule has 1 unspecified atom stereocenters. The van der Waals surface area contributed by atoms with Gasteiger partial charge in [0, 0.05) is 0 Å². The summed E-state index contributed by atoms with van der Waals surface area (Å²) in [5, 5.41) is 16.0. The highest BCUT2D eigenvalue weighted by molar-refractivity contribution is 4.33. The first-order chi connectivity index (χ1) is 3.27. The highest BCUT2D eigenvalue weighted by atomic mass is 16.3. The van der Waals surface area contributed by atoms with Crippen LogP contribution in [0.1, 0.15) is 6.92 Å². The molecule has 0 saturated carbocycles. The van der Waals surface area contributed by atoms with Gasteiger partial charge in [-0.1, -0.05) is 0 Å². The van der Waals surface area contributed by atoms with Gasteiger partial charge in [0.1, 0.15) is 0 Å². The molecule has 0 aliphatic rings. The molecular weight excluding hydrogens is 96.0 g/mol. The third kappa shape index (κ3) is 25.4. The lowest BCUT2D eigenvalue weighted by atomic mass is 10.5. The highest BCUT2D eigenvalue weighted by Gasteiger charge is 1.83. The molecule has 6 N–H and O–H groups in total. The van der Waals surface area contributed by atoms with E-state index in [1.807, 2.05) is 0 Å². The van der Waals surface area contributed by atoms with Crippen LogP contribution in [0.4, 0.5) is 0 Å². The zero-order valence-corrected chi connectivity index (χ0v) is 4.33. The van der Waals surface area contributed by atoms with Crippen molar-refractivity contribution in [2.75, 3.05) is 6.61 Å². The Hall–Kier alpha value is -0.160. The van der Waals surface area contributed by atoms with Gasteiger partial charge < -0.3 is 10.2 Å². The number of aliphatic hydroxyl groups excluding tert-OH is 2. The van der Waals surface area contributed by atoms with Crippen LogP contribution in [0.3, 0.4) is 0 Å². The standard InChI is InChI=1S/C3H8O2.H4N2/c1-3(5)2-4;1-2/h3-5H,2H2,1H3;1-2H2. The first-order valence-corrected chi connectivity index (χ1v) is 1.89. The third-order valence-corrected chi connectivity index (χ3v) is 0.264. The van der Waals surface area contributed by atoms with Crippen LogP contribution in [-0.4, -0.2) is 22.9 Å². The second kappa shape index (κ2) is 9.28. The maximum Gasteiger partial charge on any atom is 0.0742 e. The van der Waals surface area contributed by atoms with E-state index in [4.69, 9.17) is 10.2 Å². The van der Waals surface area contributed by atoms with Crippen molar-refractivity contribution < 1.29 is 10.2 Å². The minimum atomic E-state index is -0.560. The smallest absolute Gasteiger partial charge is 0.0742 e. The molecule has 0 rings (SSSR count). The Morgan fingerprint density at radius 3 is 1.71 bits per heavy atom. The predicted molar refractivity (Wildman–Crippen MR) is 27.1 cm³/mol. The summed E-state index contributed by atoms with van der Waals surface area (Å²) in [5.41, 5.74) is 0. The van der Waals surface area contributed by atoms with E-state index in [9.17, 15) is 0 Å². The summed E-state index contributed by atoms with van der Waals surface area (Å²) < 4.78 is 0. The summed E-state index contributed by atoms with van der Waals surface area (Å²) in [5.74, 6) is 8.00. The van der Waals surface area contributed by atoms with Crippen LogP contribution >= 0.6 is 0 Å². The minimum Gasteiger partial charge on any atom is -0.394 e. The zero-order valence-electron chi connectivity index (χ0n) is 4.33. The van der Waals surface area contributed by atoms with Crippen LogP contribution in [0.15, 0.2) is 0 Å². The number of hydrogen-bond acceptors (Lipinski definition) is 4. The second-order valence-electron chi connectivity index (χ2n) is 1.03. The van der Waals surface area contributed by atoms with E-state index < -0.39 is 6.10 Å². The van der Waals surface area contributed by atoms with Gasteiger partial charge >= 0.3 is 0 Å². The van der Waals surface area contributed by atoms with E-state index >= 15 is 0 Å². The molecule has 0 radical (unpaired) electrons. The van der Waals surface area contributed by atoms with E-state index in [2.05, 4.69) is 11.7 Å². The largest absolute Gasteiger partial charge is 0.394 e. The fraction of sp³-hybridized carbons (Fsp3) is 1.00. The Labute approximate surface area is 42.7 Å². The number of aliphatic hydroxyl groups is 2. The van der Waals surface area contributed by atoms with Gasteiger partial charge in [-0.05, 0) is 6.92 Å². The molecule has 46 valence electrons. The molecule has 0 fully saturated rings. The number of hydrogen-bond donors (Lipinski definition) is 4. The second-order valence-corrected chi connectivity index (χ2v) is 1.03. The summed E-state index contributed by atoms with van der Waals surface area (Å²) in [4.78, 5) is 0. The summed E-state index contributed by atoms with van der Waals surface area (Å²) in [6.45, 7) is 1.39. The maximum absolute atomic E-state index is 8.11. The molecule has 0 saturated heterocycles. The fourth-order valence-corrected chi connectivity index (χ4v) is 0. The topological polar surface area (TPSA) is 92.5 Å². The van der Waals surface area contributed by atoms with Gasteiger partial charge in [-0.25, -0.2) is 0 Å². The Morgan fingerprint density at radius 1 is 1.57 bits per heavy atom. The summed E-state index contributed by atoms with van der Waals surface area (Å²) in [7, 11) is 0. The van der Waals surface area contributed by atoms with Crippen molar-refractivity contribution in [3.8, 4) is 0 Å². The molecule has 7 heavy (non-hydrogen) atoms. The molecule has 0 amide bonds. The van der Waals surface area contributed by atoms with E-state index in [-0.39, 0.29) is 6.61 Å². The van der Waals surface area contributed by atoms with Crippen LogP contribution in [0.25, 0.3) is 0 Å². The molecule has 0 aliphatic heterocycles. The van der Waals surface area contributed by atoms with E-state index in [0.717, 1.165) is 0 Å². The monoisotopic (exact) mass is 108 g/mol. The molecule has 0 bridgehead atoms. The van der Waals surface area contributed by atoms with Gasteiger partial charge in [0.25, 0.3) is 0 Å². The molecule has 0 spiro atoms. The Balaban J connectivity index is 0. The maximum atomic E-state index is 8.11. The number of nitrogens with two attached hydrogens (primary N) is 2. The molecule has 4 nitrogen and oxygen atoms in total.